The zero-order chi connectivity index (χ0) is 19.0. The molecule has 0 unspecified atom stereocenters. The highest BCUT2D eigenvalue weighted by Crippen LogP contribution is 2.44. The van der Waals surface area contributed by atoms with Crippen molar-refractivity contribution in [2.45, 2.75) is 25.7 Å². The molecular formula is C17H16Cl2N6O2. The molecular weight excluding hydrogens is 391 g/mol. The van der Waals surface area contributed by atoms with E-state index in [9.17, 15) is 10.1 Å². The Hall–Kier alpha value is -2.45. The third kappa shape index (κ3) is 3.19. The molecule has 2 aromatic heterocycles. The van der Waals surface area contributed by atoms with Crippen molar-refractivity contribution >= 4 is 40.5 Å². The van der Waals surface area contributed by atoms with Crippen molar-refractivity contribution < 1.29 is 4.92 Å². The van der Waals surface area contributed by atoms with Crippen LogP contribution in [-0.2, 0) is 0 Å². The highest BCUT2D eigenvalue weighted by Gasteiger charge is 2.29. The van der Waals surface area contributed by atoms with Crippen LogP contribution in [0, 0.1) is 10.1 Å². The van der Waals surface area contributed by atoms with E-state index in [1.165, 1.54) is 12.4 Å². The lowest BCUT2D eigenvalue weighted by Gasteiger charge is -2.26. The van der Waals surface area contributed by atoms with Gasteiger partial charge in [0.05, 0.1) is 21.1 Å². The van der Waals surface area contributed by atoms with Crippen LogP contribution in [0.25, 0.3) is 16.9 Å². The van der Waals surface area contributed by atoms with E-state index in [1.54, 1.807) is 16.6 Å². The number of rotatable bonds is 3. The SMILES string of the molecule is O=[N+]([O-])c1cccc(Cl)c1-c1c(Cl)nc2ncnn2c1N1CCCCCC1. The fourth-order valence-corrected chi connectivity index (χ4v) is 4.02. The van der Waals surface area contributed by atoms with Crippen molar-refractivity contribution in [1.29, 1.82) is 0 Å². The lowest BCUT2D eigenvalue weighted by Crippen LogP contribution is -2.27. The summed E-state index contributed by atoms with van der Waals surface area (Å²) in [5.41, 5.74) is 0.536. The fraction of sp³-hybridized carbons (Fsp3) is 0.353. The molecule has 140 valence electrons. The highest BCUT2D eigenvalue weighted by molar-refractivity contribution is 6.37. The quantitative estimate of drug-likeness (QED) is 0.364. The van der Waals surface area contributed by atoms with Crippen molar-refractivity contribution in [3.63, 3.8) is 0 Å². The van der Waals surface area contributed by atoms with Crippen LogP contribution in [0.15, 0.2) is 24.5 Å². The van der Waals surface area contributed by atoms with Gasteiger partial charge in [-0.2, -0.15) is 19.6 Å². The average Bonchev–Trinajstić information content (AvgIpc) is 2.93. The Kier molecular flexibility index (Phi) is 4.84. The van der Waals surface area contributed by atoms with Gasteiger partial charge in [-0.15, -0.1) is 0 Å². The Morgan fingerprint density at radius 3 is 2.52 bits per heavy atom. The first kappa shape index (κ1) is 17.9. The second-order valence-electron chi connectivity index (χ2n) is 6.37. The Bertz CT molecular complexity index is 1010. The molecule has 1 fully saturated rings. The van der Waals surface area contributed by atoms with Gasteiger partial charge in [-0.05, 0) is 18.9 Å². The lowest BCUT2D eigenvalue weighted by atomic mass is 10.0. The summed E-state index contributed by atoms with van der Waals surface area (Å²) in [5, 5.41) is 16.3. The van der Waals surface area contributed by atoms with Gasteiger partial charge in [-0.25, -0.2) is 0 Å². The minimum atomic E-state index is -0.463. The van der Waals surface area contributed by atoms with Crippen LogP contribution in [0.1, 0.15) is 25.7 Å². The van der Waals surface area contributed by atoms with Crippen LogP contribution in [0.2, 0.25) is 10.2 Å². The average molecular weight is 407 g/mol. The Morgan fingerprint density at radius 1 is 1.07 bits per heavy atom. The van der Waals surface area contributed by atoms with E-state index in [4.69, 9.17) is 23.2 Å². The summed E-state index contributed by atoms with van der Waals surface area (Å²) in [6, 6.07) is 4.57. The molecule has 0 aliphatic carbocycles. The predicted octanol–water partition coefficient (Wildman–Crippen LogP) is 4.39. The smallest absolute Gasteiger partial charge is 0.278 e. The molecule has 0 N–H and O–H groups in total. The third-order valence-electron chi connectivity index (χ3n) is 4.70. The van der Waals surface area contributed by atoms with E-state index in [2.05, 4.69) is 20.0 Å². The summed E-state index contributed by atoms with van der Waals surface area (Å²) in [5.74, 6) is 0.985. The van der Waals surface area contributed by atoms with Gasteiger partial charge >= 0.3 is 0 Å². The Morgan fingerprint density at radius 2 is 1.81 bits per heavy atom. The van der Waals surface area contributed by atoms with Crippen molar-refractivity contribution in [2.24, 2.45) is 0 Å². The highest BCUT2D eigenvalue weighted by atomic mass is 35.5. The standard InChI is InChI=1S/C17H16Cl2N6O2/c18-11-6-5-7-12(25(26)27)13(11)14-15(19)22-17-20-10-21-24(17)16(14)23-8-3-1-2-4-9-23/h5-7,10H,1-4,8-9H2. The van der Waals surface area contributed by atoms with Crippen molar-refractivity contribution in [3.8, 4) is 11.1 Å². The van der Waals surface area contributed by atoms with Gasteiger partial charge < -0.3 is 4.90 Å². The molecule has 0 radical (unpaired) electrons. The molecule has 0 spiro atoms. The maximum atomic E-state index is 11.6. The van der Waals surface area contributed by atoms with E-state index in [-0.39, 0.29) is 21.4 Å². The molecule has 1 aliphatic heterocycles. The number of nitrogens with zero attached hydrogens (tertiary/aromatic N) is 6. The summed E-state index contributed by atoms with van der Waals surface area (Å²) in [4.78, 5) is 21.7. The molecule has 27 heavy (non-hydrogen) atoms. The Labute approximate surface area is 164 Å². The summed E-state index contributed by atoms with van der Waals surface area (Å²) >= 11 is 12.9. The third-order valence-corrected chi connectivity index (χ3v) is 5.29. The zero-order valence-electron chi connectivity index (χ0n) is 14.3. The van der Waals surface area contributed by atoms with Crippen molar-refractivity contribution in [2.75, 3.05) is 18.0 Å². The molecule has 3 heterocycles. The molecule has 0 atom stereocenters. The van der Waals surface area contributed by atoms with E-state index < -0.39 is 4.92 Å². The molecule has 0 bridgehead atoms. The summed E-state index contributed by atoms with van der Waals surface area (Å²) in [6.07, 6.45) is 5.69. The van der Waals surface area contributed by atoms with Gasteiger partial charge in [-0.1, -0.05) is 42.1 Å². The molecule has 3 aromatic rings. The van der Waals surface area contributed by atoms with Gasteiger partial charge in [0, 0.05) is 19.2 Å². The second kappa shape index (κ2) is 7.28. The van der Waals surface area contributed by atoms with Gasteiger partial charge in [0.1, 0.15) is 17.3 Å². The zero-order valence-corrected chi connectivity index (χ0v) is 15.8. The second-order valence-corrected chi connectivity index (χ2v) is 7.13. The number of aromatic nitrogens is 4. The number of hydrogen-bond donors (Lipinski definition) is 0. The van der Waals surface area contributed by atoms with Crippen molar-refractivity contribution in [1.82, 2.24) is 19.6 Å². The largest absolute Gasteiger partial charge is 0.356 e. The molecule has 1 aromatic carbocycles. The number of fused-ring (bicyclic) bond motifs is 1. The molecule has 0 amide bonds. The first-order valence-corrected chi connectivity index (χ1v) is 9.41. The van der Waals surface area contributed by atoms with E-state index >= 15 is 0 Å². The van der Waals surface area contributed by atoms with Gasteiger partial charge in [0.2, 0.25) is 0 Å². The van der Waals surface area contributed by atoms with Crippen LogP contribution in [0.3, 0.4) is 0 Å². The molecule has 8 nitrogen and oxygen atoms in total. The summed E-state index contributed by atoms with van der Waals surface area (Å²) in [6.45, 7) is 1.58. The number of benzene rings is 1. The van der Waals surface area contributed by atoms with Crippen LogP contribution < -0.4 is 4.90 Å². The normalized spacial score (nSPS) is 15.1. The number of halogens is 2. The molecule has 1 saturated heterocycles. The topological polar surface area (TPSA) is 89.5 Å². The van der Waals surface area contributed by atoms with Gasteiger partial charge in [0.25, 0.3) is 11.5 Å². The minimum absolute atomic E-state index is 0.117. The molecule has 10 heteroatoms. The molecule has 0 saturated carbocycles. The lowest BCUT2D eigenvalue weighted by molar-refractivity contribution is -0.384. The molecule has 1 aliphatic rings. The first-order valence-electron chi connectivity index (χ1n) is 8.65. The number of anilines is 1. The van der Waals surface area contributed by atoms with Crippen molar-refractivity contribution in [3.05, 3.63) is 44.8 Å². The van der Waals surface area contributed by atoms with Gasteiger partial charge in [0.15, 0.2) is 0 Å². The number of nitro benzene ring substituents is 1. The fourth-order valence-electron chi connectivity index (χ4n) is 3.50. The van der Waals surface area contributed by atoms with E-state index in [0.717, 1.165) is 38.8 Å². The minimum Gasteiger partial charge on any atom is -0.356 e. The monoisotopic (exact) mass is 406 g/mol. The van der Waals surface area contributed by atoms with E-state index in [1.807, 2.05) is 0 Å². The van der Waals surface area contributed by atoms with E-state index in [0.29, 0.717) is 17.2 Å². The van der Waals surface area contributed by atoms with Crippen LogP contribution in [0.5, 0.6) is 0 Å². The Balaban J connectivity index is 2.05. The number of nitro groups is 1. The van der Waals surface area contributed by atoms with Crippen LogP contribution in [0.4, 0.5) is 11.5 Å². The summed E-state index contributed by atoms with van der Waals surface area (Å²) in [7, 11) is 0. The predicted molar refractivity (Wildman–Crippen MR) is 104 cm³/mol. The maximum Gasteiger partial charge on any atom is 0.278 e. The van der Waals surface area contributed by atoms with Gasteiger partial charge in [-0.3, -0.25) is 10.1 Å². The maximum absolute atomic E-state index is 11.6. The molecule has 4 rings (SSSR count). The van der Waals surface area contributed by atoms with Crippen LogP contribution in [-0.4, -0.2) is 37.6 Å². The first-order chi connectivity index (χ1) is 13.1. The van der Waals surface area contributed by atoms with Crippen LogP contribution >= 0.6 is 23.2 Å². The summed E-state index contributed by atoms with van der Waals surface area (Å²) < 4.78 is 1.58. The number of hydrogen-bond acceptors (Lipinski definition) is 6.